The van der Waals surface area contributed by atoms with E-state index in [1.165, 1.54) is 0 Å². The van der Waals surface area contributed by atoms with Gasteiger partial charge in [0.15, 0.2) is 0 Å². The van der Waals surface area contributed by atoms with Gasteiger partial charge in [-0.15, -0.1) is 0 Å². The number of hydrogen-bond donors (Lipinski definition) is 0. The van der Waals surface area contributed by atoms with Crippen molar-refractivity contribution in [2.45, 2.75) is 25.3 Å². The van der Waals surface area contributed by atoms with E-state index in [1.807, 2.05) is 13.8 Å². The molecule has 0 atom stereocenters. The lowest BCUT2D eigenvalue weighted by Crippen LogP contribution is -1.98. The highest BCUT2D eigenvalue weighted by Crippen LogP contribution is 2.24. The Labute approximate surface area is 102 Å². The summed E-state index contributed by atoms with van der Waals surface area (Å²) < 4.78 is 23.4. The summed E-state index contributed by atoms with van der Waals surface area (Å²) in [6.07, 6.45) is 2.79. The van der Waals surface area contributed by atoms with E-state index in [0.717, 1.165) is 16.5 Å². The van der Waals surface area contributed by atoms with Crippen molar-refractivity contribution in [3.8, 4) is 0 Å². The van der Waals surface area contributed by atoms with Crippen molar-refractivity contribution in [3.05, 3.63) is 28.0 Å². The maximum absolute atomic E-state index is 11.1. The van der Waals surface area contributed by atoms with Crippen LogP contribution in [0.15, 0.2) is 22.7 Å². The second kappa shape index (κ2) is 4.84. The molecule has 0 fully saturated rings. The molecule has 1 heterocycles. The molecular weight excluding hydrogens is 270 g/mol. The molecular formula is C8H10ClN3O4S. The highest BCUT2D eigenvalue weighted by atomic mass is 35.7. The van der Waals surface area contributed by atoms with Crippen LogP contribution in [0.2, 0.25) is 0 Å². The Bertz CT molecular complexity index is 572. The van der Waals surface area contributed by atoms with Crippen LogP contribution in [0.5, 0.6) is 0 Å². The minimum Gasteiger partial charge on any atom is -0.358 e. The molecule has 0 radical (unpaired) electrons. The number of rotatable bonds is 4. The molecule has 7 nitrogen and oxygen atoms in total. The van der Waals surface area contributed by atoms with E-state index in [1.54, 1.807) is 6.08 Å². The van der Waals surface area contributed by atoms with E-state index in [4.69, 9.17) is 10.7 Å². The summed E-state index contributed by atoms with van der Waals surface area (Å²) in [4.78, 5) is 9.14. The first-order valence-electron chi connectivity index (χ1n) is 4.51. The first-order chi connectivity index (χ1) is 7.71. The van der Waals surface area contributed by atoms with Crippen molar-refractivity contribution in [1.82, 2.24) is 9.78 Å². The third-order valence-corrected chi connectivity index (χ3v) is 3.14. The summed E-state index contributed by atoms with van der Waals surface area (Å²) in [6.45, 7) is 3.93. The lowest BCUT2D eigenvalue weighted by Gasteiger charge is -1.89. The zero-order valence-corrected chi connectivity index (χ0v) is 10.7. The van der Waals surface area contributed by atoms with E-state index < -0.39 is 24.7 Å². The Balaban J connectivity index is 3.23. The van der Waals surface area contributed by atoms with Gasteiger partial charge in [0.2, 0.25) is 4.90 Å². The number of allylic oxidation sites excluding steroid dienone is 2. The fourth-order valence-electron chi connectivity index (χ4n) is 1.06. The van der Waals surface area contributed by atoms with Crippen LogP contribution in [0, 0.1) is 10.1 Å². The Kier molecular flexibility index (Phi) is 3.89. The lowest BCUT2D eigenvalue weighted by atomic mass is 10.3. The first-order valence-corrected chi connectivity index (χ1v) is 6.82. The summed E-state index contributed by atoms with van der Waals surface area (Å²) in [5, 5.41) is 14.2. The van der Waals surface area contributed by atoms with Gasteiger partial charge in [-0.05, 0) is 18.8 Å². The molecule has 1 aromatic heterocycles. The van der Waals surface area contributed by atoms with Gasteiger partial charge in [0.25, 0.3) is 9.05 Å². The van der Waals surface area contributed by atoms with Crippen LogP contribution in [-0.2, 0) is 15.6 Å². The molecule has 0 bridgehead atoms. The second-order valence-electron chi connectivity index (χ2n) is 3.52. The molecule has 0 aliphatic rings. The van der Waals surface area contributed by atoms with Crippen molar-refractivity contribution >= 4 is 25.6 Å². The third kappa shape index (κ3) is 3.53. The summed E-state index contributed by atoms with van der Waals surface area (Å²) in [5.41, 5.74) is 0.985. The van der Waals surface area contributed by atoms with Crippen molar-refractivity contribution < 1.29 is 13.3 Å². The molecule has 1 rings (SSSR count). The fourth-order valence-corrected chi connectivity index (χ4v) is 1.97. The number of hydrogen-bond acceptors (Lipinski definition) is 5. The molecule has 0 aromatic carbocycles. The van der Waals surface area contributed by atoms with E-state index in [9.17, 15) is 18.5 Å². The summed E-state index contributed by atoms with van der Waals surface area (Å²) in [7, 11) is 0.913. The van der Waals surface area contributed by atoms with Crippen molar-refractivity contribution in [3.63, 3.8) is 0 Å². The van der Waals surface area contributed by atoms with Crippen LogP contribution in [0.4, 0.5) is 5.82 Å². The van der Waals surface area contributed by atoms with Crippen molar-refractivity contribution in [1.29, 1.82) is 0 Å². The van der Waals surface area contributed by atoms with Gasteiger partial charge < -0.3 is 10.1 Å². The smallest absolute Gasteiger partial charge is 0.358 e. The molecule has 17 heavy (non-hydrogen) atoms. The summed E-state index contributed by atoms with van der Waals surface area (Å²) in [6, 6.07) is 0. The van der Waals surface area contributed by atoms with E-state index >= 15 is 0 Å². The van der Waals surface area contributed by atoms with Crippen LogP contribution in [-0.4, -0.2) is 23.1 Å². The summed E-state index contributed by atoms with van der Waals surface area (Å²) in [5.74, 6) is -0.762. The van der Waals surface area contributed by atoms with Gasteiger partial charge in [0, 0.05) is 10.7 Å². The van der Waals surface area contributed by atoms with Crippen LogP contribution in [0.1, 0.15) is 13.8 Å². The van der Waals surface area contributed by atoms with Gasteiger partial charge in [0.1, 0.15) is 0 Å². The van der Waals surface area contributed by atoms with Crippen LogP contribution in [0.3, 0.4) is 0 Å². The monoisotopic (exact) mass is 279 g/mol. The van der Waals surface area contributed by atoms with E-state index in [-0.39, 0.29) is 6.54 Å². The number of nitro groups is 1. The van der Waals surface area contributed by atoms with Gasteiger partial charge in [-0.2, -0.15) is 4.68 Å². The second-order valence-corrected chi connectivity index (χ2v) is 6.05. The first kappa shape index (κ1) is 13.7. The topological polar surface area (TPSA) is 95.1 Å². The average Bonchev–Trinajstić information content (AvgIpc) is 2.57. The molecule has 9 heteroatoms. The van der Waals surface area contributed by atoms with Crippen LogP contribution in [0.25, 0.3) is 0 Å². The molecule has 0 N–H and O–H groups in total. The minimum absolute atomic E-state index is 0.246. The molecule has 0 aliphatic carbocycles. The standard InChI is InChI=1S/C8H10ClN3O4S/c1-6(2)3-4-11-5-7(17(9,15)16)8(10-11)12(13)14/h3,5H,4H2,1-2H3. The molecule has 94 valence electrons. The van der Waals surface area contributed by atoms with Gasteiger partial charge >= 0.3 is 5.82 Å². The van der Waals surface area contributed by atoms with Gasteiger partial charge in [-0.1, -0.05) is 11.6 Å². The SMILES string of the molecule is CC(C)=CCn1cc(S(=O)(=O)Cl)c([N+](=O)[O-])n1. The molecule has 0 spiro atoms. The largest absolute Gasteiger partial charge is 0.410 e. The lowest BCUT2D eigenvalue weighted by molar-refractivity contribution is -0.392. The van der Waals surface area contributed by atoms with E-state index in [0.29, 0.717) is 0 Å². The van der Waals surface area contributed by atoms with Gasteiger partial charge in [-0.3, -0.25) is 0 Å². The predicted octanol–water partition coefficient (Wildman–Crippen LogP) is 1.69. The minimum atomic E-state index is -4.17. The van der Waals surface area contributed by atoms with Crippen molar-refractivity contribution in [2.75, 3.05) is 0 Å². The molecule has 0 saturated carbocycles. The zero-order chi connectivity index (χ0) is 13.2. The zero-order valence-electron chi connectivity index (χ0n) is 9.12. The van der Waals surface area contributed by atoms with Crippen LogP contribution >= 0.6 is 10.7 Å². The molecule has 0 amide bonds. The Morgan fingerprint density at radius 3 is 2.59 bits per heavy atom. The predicted molar refractivity (Wildman–Crippen MR) is 61.4 cm³/mol. The molecule has 0 saturated heterocycles. The van der Waals surface area contributed by atoms with Gasteiger partial charge in [0.05, 0.1) is 17.8 Å². The maximum atomic E-state index is 11.1. The number of aromatic nitrogens is 2. The third-order valence-electron chi connectivity index (χ3n) is 1.83. The Hall–Kier alpha value is -1.41. The highest BCUT2D eigenvalue weighted by Gasteiger charge is 2.29. The average molecular weight is 280 g/mol. The summed E-state index contributed by atoms with van der Waals surface area (Å²) >= 11 is 0. The van der Waals surface area contributed by atoms with E-state index in [2.05, 4.69) is 5.10 Å². The Morgan fingerprint density at radius 2 is 2.24 bits per heavy atom. The maximum Gasteiger partial charge on any atom is 0.410 e. The normalized spacial score (nSPS) is 11.2. The molecule has 1 aromatic rings. The Morgan fingerprint density at radius 1 is 1.65 bits per heavy atom. The fraction of sp³-hybridized carbons (Fsp3) is 0.375. The number of halogens is 1. The van der Waals surface area contributed by atoms with Crippen LogP contribution < -0.4 is 0 Å². The quantitative estimate of drug-likeness (QED) is 0.362. The molecule has 0 aliphatic heterocycles. The highest BCUT2D eigenvalue weighted by molar-refractivity contribution is 8.13. The van der Waals surface area contributed by atoms with Crippen molar-refractivity contribution in [2.24, 2.45) is 0 Å². The number of nitrogens with zero attached hydrogens (tertiary/aromatic N) is 3. The molecule has 0 unspecified atom stereocenters. The van der Waals surface area contributed by atoms with Gasteiger partial charge in [-0.25, -0.2) is 8.42 Å².